The average molecular weight is 247 g/mol. The highest BCUT2D eigenvalue weighted by Crippen LogP contribution is 2.29. The molecule has 0 spiro atoms. The van der Waals surface area contributed by atoms with Crippen molar-refractivity contribution >= 4 is 22.6 Å². The van der Waals surface area contributed by atoms with Crippen molar-refractivity contribution in [3.05, 3.63) is 53.6 Å². The zero-order chi connectivity index (χ0) is 11.8. The van der Waals surface area contributed by atoms with Gasteiger partial charge in [0.25, 0.3) is 0 Å². The van der Waals surface area contributed by atoms with Crippen molar-refractivity contribution in [2.24, 2.45) is 0 Å². The first kappa shape index (κ1) is 10.3. The van der Waals surface area contributed by atoms with E-state index in [1.807, 2.05) is 18.2 Å². The Kier molecular flexibility index (Phi) is 2.34. The van der Waals surface area contributed by atoms with Crippen molar-refractivity contribution in [2.45, 2.75) is 0 Å². The van der Waals surface area contributed by atoms with E-state index in [1.165, 1.54) is 6.07 Å². The van der Waals surface area contributed by atoms with Crippen molar-refractivity contribution in [1.29, 1.82) is 0 Å². The number of fused-ring (bicyclic) bond motifs is 1. The van der Waals surface area contributed by atoms with Crippen LogP contribution in [0.1, 0.15) is 0 Å². The lowest BCUT2D eigenvalue weighted by Gasteiger charge is -2.04. The topological polar surface area (TPSA) is 28.7 Å². The number of imidazole rings is 1. The third-order valence-corrected chi connectivity index (χ3v) is 2.91. The number of hydrogen-bond acceptors (Lipinski definition) is 1. The second-order valence-electron chi connectivity index (χ2n) is 3.73. The number of benzene rings is 2. The fourth-order valence-electron chi connectivity index (χ4n) is 1.89. The maximum atomic E-state index is 13.8. The smallest absolute Gasteiger partial charge is 0.132 e. The predicted octanol–water partition coefficient (Wildman–Crippen LogP) is 4.02. The summed E-state index contributed by atoms with van der Waals surface area (Å²) in [5.41, 5.74) is 2.91. The zero-order valence-electron chi connectivity index (χ0n) is 8.74. The van der Waals surface area contributed by atoms with E-state index in [-0.39, 0.29) is 5.82 Å². The van der Waals surface area contributed by atoms with Gasteiger partial charge in [0.2, 0.25) is 0 Å². The molecular formula is C13H8ClFN2. The molecule has 1 aromatic heterocycles. The summed E-state index contributed by atoms with van der Waals surface area (Å²) in [6, 6.07) is 10.3. The summed E-state index contributed by atoms with van der Waals surface area (Å²) < 4.78 is 13.8. The number of hydrogen-bond donors (Lipinski definition) is 1. The molecule has 0 bridgehead atoms. The zero-order valence-corrected chi connectivity index (χ0v) is 9.50. The molecule has 0 saturated carbocycles. The van der Waals surface area contributed by atoms with Crippen LogP contribution in [0.25, 0.3) is 22.2 Å². The highest BCUT2D eigenvalue weighted by atomic mass is 35.5. The summed E-state index contributed by atoms with van der Waals surface area (Å²) in [4.78, 5) is 7.20. The lowest BCUT2D eigenvalue weighted by atomic mass is 10.0. The monoisotopic (exact) mass is 246 g/mol. The Hall–Kier alpha value is -1.87. The Morgan fingerprint density at radius 3 is 2.82 bits per heavy atom. The first-order valence-corrected chi connectivity index (χ1v) is 5.51. The quantitative estimate of drug-likeness (QED) is 0.690. The van der Waals surface area contributed by atoms with E-state index in [0.717, 1.165) is 16.6 Å². The highest BCUT2D eigenvalue weighted by molar-refractivity contribution is 6.30. The molecule has 4 heteroatoms. The average Bonchev–Trinajstić information content (AvgIpc) is 2.77. The van der Waals surface area contributed by atoms with Gasteiger partial charge in [-0.3, -0.25) is 0 Å². The van der Waals surface area contributed by atoms with Crippen LogP contribution in [0.4, 0.5) is 4.39 Å². The van der Waals surface area contributed by atoms with Crippen LogP contribution in [0.15, 0.2) is 42.7 Å². The Bertz CT molecular complexity index is 691. The normalized spacial score (nSPS) is 10.9. The second kappa shape index (κ2) is 3.86. The molecular weight excluding hydrogens is 239 g/mol. The van der Waals surface area contributed by atoms with Gasteiger partial charge < -0.3 is 4.98 Å². The lowest BCUT2D eigenvalue weighted by Crippen LogP contribution is -1.85. The number of H-pyrrole nitrogens is 1. The number of rotatable bonds is 1. The minimum atomic E-state index is -0.340. The van der Waals surface area contributed by atoms with E-state index in [4.69, 9.17) is 11.6 Å². The number of aromatic nitrogens is 2. The maximum absolute atomic E-state index is 13.8. The van der Waals surface area contributed by atoms with Gasteiger partial charge >= 0.3 is 0 Å². The summed E-state index contributed by atoms with van der Waals surface area (Å²) in [5.74, 6) is -0.340. The Balaban J connectivity index is 2.30. The van der Waals surface area contributed by atoms with Crippen LogP contribution in [0, 0.1) is 5.82 Å². The van der Waals surface area contributed by atoms with Crippen molar-refractivity contribution in [2.75, 3.05) is 0 Å². The number of para-hydroxylation sites is 1. The van der Waals surface area contributed by atoms with Gasteiger partial charge in [0, 0.05) is 16.1 Å². The minimum Gasteiger partial charge on any atom is -0.345 e. The van der Waals surface area contributed by atoms with Crippen molar-refractivity contribution in [3.63, 3.8) is 0 Å². The molecule has 0 fully saturated rings. The molecule has 0 amide bonds. The van der Waals surface area contributed by atoms with Crippen LogP contribution in [-0.2, 0) is 0 Å². The fraction of sp³-hybridized carbons (Fsp3) is 0. The molecule has 0 aliphatic carbocycles. The molecule has 0 aliphatic heterocycles. The molecule has 0 saturated heterocycles. The molecule has 2 nitrogen and oxygen atoms in total. The first-order chi connectivity index (χ1) is 8.25. The third kappa shape index (κ3) is 1.68. The number of aromatic amines is 1. The van der Waals surface area contributed by atoms with Crippen LogP contribution in [0.3, 0.4) is 0 Å². The second-order valence-corrected chi connectivity index (χ2v) is 4.16. The van der Waals surface area contributed by atoms with E-state index in [2.05, 4.69) is 9.97 Å². The van der Waals surface area contributed by atoms with Gasteiger partial charge in [0.1, 0.15) is 5.82 Å². The molecule has 84 valence electrons. The van der Waals surface area contributed by atoms with Crippen LogP contribution in [0.5, 0.6) is 0 Å². The summed E-state index contributed by atoms with van der Waals surface area (Å²) >= 11 is 5.74. The van der Waals surface area contributed by atoms with Crippen molar-refractivity contribution in [1.82, 2.24) is 9.97 Å². The van der Waals surface area contributed by atoms with E-state index >= 15 is 0 Å². The first-order valence-electron chi connectivity index (χ1n) is 5.13. The van der Waals surface area contributed by atoms with Gasteiger partial charge in [0.05, 0.1) is 17.4 Å². The summed E-state index contributed by atoms with van der Waals surface area (Å²) in [6.45, 7) is 0. The summed E-state index contributed by atoms with van der Waals surface area (Å²) in [5, 5.41) is 0.389. The molecule has 0 unspecified atom stereocenters. The molecule has 3 rings (SSSR count). The maximum Gasteiger partial charge on any atom is 0.132 e. The van der Waals surface area contributed by atoms with Crippen LogP contribution in [-0.4, -0.2) is 9.97 Å². The van der Waals surface area contributed by atoms with Crippen LogP contribution in [0.2, 0.25) is 5.02 Å². The molecule has 0 radical (unpaired) electrons. The standard InChI is InChI=1S/C13H8ClFN2/c14-8-4-5-9(11(15)6-8)10-2-1-3-12-13(10)17-7-16-12/h1-7H,(H,16,17). The van der Waals surface area contributed by atoms with Gasteiger partial charge in [-0.25, -0.2) is 9.37 Å². The molecule has 17 heavy (non-hydrogen) atoms. The van der Waals surface area contributed by atoms with Gasteiger partial charge in [-0.2, -0.15) is 0 Å². The van der Waals surface area contributed by atoms with Gasteiger partial charge in [-0.15, -0.1) is 0 Å². The molecule has 0 atom stereocenters. The lowest BCUT2D eigenvalue weighted by molar-refractivity contribution is 0.631. The number of nitrogens with one attached hydrogen (secondary N) is 1. The molecule has 1 N–H and O–H groups in total. The van der Waals surface area contributed by atoms with Gasteiger partial charge in [0.15, 0.2) is 0 Å². The van der Waals surface area contributed by atoms with Crippen LogP contribution < -0.4 is 0 Å². The Morgan fingerprint density at radius 1 is 1.12 bits per heavy atom. The van der Waals surface area contributed by atoms with E-state index in [9.17, 15) is 4.39 Å². The minimum absolute atomic E-state index is 0.340. The van der Waals surface area contributed by atoms with Crippen molar-refractivity contribution in [3.8, 4) is 11.1 Å². The molecule has 2 aromatic carbocycles. The van der Waals surface area contributed by atoms with Crippen molar-refractivity contribution < 1.29 is 4.39 Å². The van der Waals surface area contributed by atoms with Gasteiger partial charge in [-0.05, 0) is 24.3 Å². The Morgan fingerprint density at radius 2 is 2.00 bits per heavy atom. The van der Waals surface area contributed by atoms with E-state index in [0.29, 0.717) is 10.6 Å². The summed E-state index contributed by atoms with van der Waals surface area (Å²) in [7, 11) is 0. The van der Waals surface area contributed by atoms with E-state index in [1.54, 1.807) is 18.5 Å². The third-order valence-electron chi connectivity index (χ3n) is 2.67. The fourth-order valence-corrected chi connectivity index (χ4v) is 2.05. The SMILES string of the molecule is Fc1cc(Cl)ccc1-c1cccc2[nH]cnc12. The highest BCUT2D eigenvalue weighted by Gasteiger charge is 2.10. The van der Waals surface area contributed by atoms with Crippen LogP contribution >= 0.6 is 11.6 Å². The molecule has 0 aliphatic rings. The van der Waals surface area contributed by atoms with E-state index < -0.39 is 0 Å². The molecule has 3 aromatic rings. The largest absolute Gasteiger partial charge is 0.345 e. The predicted molar refractivity (Wildman–Crippen MR) is 66.5 cm³/mol. The molecule has 1 heterocycles. The number of halogens is 2. The van der Waals surface area contributed by atoms with Gasteiger partial charge in [-0.1, -0.05) is 23.7 Å². The number of nitrogens with zero attached hydrogens (tertiary/aromatic N) is 1. The summed E-state index contributed by atoms with van der Waals surface area (Å²) in [6.07, 6.45) is 1.60. The Labute approximate surface area is 102 Å².